The van der Waals surface area contributed by atoms with Crippen molar-refractivity contribution < 1.29 is 13.2 Å². The number of hydrogen-bond acceptors (Lipinski definition) is 4. The van der Waals surface area contributed by atoms with Gasteiger partial charge in [-0.05, 0) is 50.5 Å². The van der Waals surface area contributed by atoms with E-state index in [0.717, 1.165) is 23.1 Å². The Bertz CT molecular complexity index is 1050. The zero-order valence-corrected chi connectivity index (χ0v) is 16.9. The van der Waals surface area contributed by atoms with Crippen molar-refractivity contribution in [2.45, 2.75) is 39.0 Å². The van der Waals surface area contributed by atoms with E-state index in [1.807, 2.05) is 51.1 Å². The fourth-order valence-electron chi connectivity index (χ4n) is 2.83. The second-order valence-corrected chi connectivity index (χ2v) is 8.39. The topological polar surface area (TPSA) is 61.2 Å². The van der Waals surface area contributed by atoms with Crippen LogP contribution in [0.3, 0.4) is 0 Å². The van der Waals surface area contributed by atoms with Crippen LogP contribution in [0.5, 0.6) is 5.75 Å². The first kappa shape index (κ1) is 19.2. The molecule has 0 saturated heterocycles. The van der Waals surface area contributed by atoms with Crippen LogP contribution < -0.4 is 4.74 Å². The van der Waals surface area contributed by atoms with Crippen LogP contribution in [0, 0.1) is 20.8 Å². The third kappa shape index (κ3) is 3.76. The van der Waals surface area contributed by atoms with E-state index in [0.29, 0.717) is 23.9 Å². The molecule has 1 aromatic heterocycles. The van der Waals surface area contributed by atoms with Gasteiger partial charge in [-0.25, -0.2) is 17.4 Å². The first-order chi connectivity index (χ1) is 12.8. The predicted octanol–water partition coefficient (Wildman–Crippen LogP) is 4.50. The van der Waals surface area contributed by atoms with Crippen LogP contribution in [0.25, 0.3) is 11.4 Å². The van der Waals surface area contributed by atoms with E-state index < -0.39 is 10.0 Å². The maximum atomic E-state index is 13.5. The summed E-state index contributed by atoms with van der Waals surface area (Å²) in [7, 11) is -3.87. The van der Waals surface area contributed by atoms with Crippen LogP contribution in [0.15, 0.2) is 53.6 Å². The summed E-state index contributed by atoms with van der Waals surface area (Å²) in [4.78, 5) is 4.61. The smallest absolute Gasteiger partial charge is 0.273 e. The molecule has 0 fully saturated rings. The fourth-order valence-corrected chi connectivity index (χ4v) is 4.41. The minimum Gasteiger partial charge on any atom is -0.492 e. The SMILES string of the molecule is CCCOc1cc(C)c(C)cc1S(=O)(=O)n1cc(C)nc1-c1ccccc1. The molecule has 0 N–H and O–H groups in total. The van der Waals surface area contributed by atoms with Crippen molar-refractivity contribution in [2.75, 3.05) is 6.61 Å². The molecule has 0 unspecified atom stereocenters. The maximum absolute atomic E-state index is 13.5. The molecule has 0 bridgehead atoms. The predicted molar refractivity (Wildman–Crippen MR) is 107 cm³/mol. The van der Waals surface area contributed by atoms with Gasteiger partial charge in [0, 0.05) is 11.8 Å². The van der Waals surface area contributed by atoms with Gasteiger partial charge in [0.15, 0.2) is 5.82 Å². The van der Waals surface area contributed by atoms with Gasteiger partial charge in [-0.2, -0.15) is 0 Å². The molecule has 6 heteroatoms. The van der Waals surface area contributed by atoms with Gasteiger partial charge in [-0.15, -0.1) is 0 Å². The summed E-state index contributed by atoms with van der Waals surface area (Å²) in [6.45, 7) is 8.07. The molecular weight excluding hydrogens is 360 g/mol. The van der Waals surface area contributed by atoms with Crippen molar-refractivity contribution in [3.8, 4) is 17.1 Å². The first-order valence-electron chi connectivity index (χ1n) is 8.95. The van der Waals surface area contributed by atoms with Crippen LogP contribution in [-0.4, -0.2) is 24.0 Å². The van der Waals surface area contributed by atoms with Crippen molar-refractivity contribution in [3.63, 3.8) is 0 Å². The molecule has 0 radical (unpaired) electrons. The van der Waals surface area contributed by atoms with Crippen LogP contribution in [-0.2, 0) is 10.0 Å². The quantitative estimate of drug-likeness (QED) is 0.628. The minimum atomic E-state index is -3.87. The lowest BCUT2D eigenvalue weighted by atomic mass is 10.1. The second-order valence-electron chi connectivity index (χ2n) is 6.60. The molecule has 5 nitrogen and oxygen atoms in total. The minimum absolute atomic E-state index is 0.161. The Morgan fingerprint density at radius 1 is 1.04 bits per heavy atom. The molecule has 0 aliphatic heterocycles. The second kappa shape index (κ2) is 7.56. The number of ether oxygens (including phenoxy) is 1. The standard InChI is InChI=1S/C21H24N2O3S/c1-5-11-26-19-12-15(2)16(3)13-20(19)27(24,25)23-14-17(4)22-21(23)18-9-7-6-8-10-18/h6-10,12-14H,5,11H2,1-4H3. The first-order valence-corrected chi connectivity index (χ1v) is 10.4. The third-order valence-electron chi connectivity index (χ3n) is 4.39. The van der Waals surface area contributed by atoms with Crippen molar-refractivity contribution >= 4 is 10.0 Å². The van der Waals surface area contributed by atoms with Crippen molar-refractivity contribution in [3.05, 3.63) is 65.5 Å². The summed E-state index contributed by atoms with van der Waals surface area (Å²) in [5.41, 5.74) is 3.27. The third-order valence-corrected chi connectivity index (χ3v) is 6.06. The summed E-state index contributed by atoms with van der Waals surface area (Å²) >= 11 is 0. The zero-order valence-electron chi connectivity index (χ0n) is 16.1. The Morgan fingerprint density at radius 3 is 2.37 bits per heavy atom. The molecule has 0 spiro atoms. The molecule has 0 aliphatic rings. The number of hydrogen-bond donors (Lipinski definition) is 0. The number of imidazole rings is 1. The Hall–Kier alpha value is -2.60. The van der Waals surface area contributed by atoms with Crippen molar-refractivity contribution in [2.24, 2.45) is 0 Å². The lowest BCUT2D eigenvalue weighted by molar-refractivity contribution is 0.309. The van der Waals surface area contributed by atoms with E-state index in [4.69, 9.17) is 4.74 Å². The van der Waals surface area contributed by atoms with Gasteiger partial charge >= 0.3 is 0 Å². The van der Waals surface area contributed by atoms with Gasteiger partial charge in [-0.1, -0.05) is 37.3 Å². The fraction of sp³-hybridized carbons (Fsp3) is 0.286. The normalized spacial score (nSPS) is 11.6. The molecule has 0 amide bonds. The number of aryl methyl sites for hydroxylation is 3. The Kier molecular flexibility index (Phi) is 5.37. The van der Waals surface area contributed by atoms with Gasteiger partial charge in [0.1, 0.15) is 10.6 Å². The van der Waals surface area contributed by atoms with Crippen LogP contribution >= 0.6 is 0 Å². The largest absolute Gasteiger partial charge is 0.492 e. The Balaban J connectivity index is 2.20. The van der Waals surface area contributed by atoms with Crippen LogP contribution in [0.1, 0.15) is 30.2 Å². The number of aromatic nitrogens is 2. The highest BCUT2D eigenvalue weighted by molar-refractivity contribution is 7.90. The summed E-state index contributed by atoms with van der Waals surface area (Å²) in [6, 6.07) is 12.8. The lowest BCUT2D eigenvalue weighted by Crippen LogP contribution is -2.16. The van der Waals surface area contributed by atoms with E-state index in [1.165, 1.54) is 3.97 Å². The molecule has 3 aromatic rings. The average Bonchev–Trinajstić information content (AvgIpc) is 3.05. The lowest BCUT2D eigenvalue weighted by Gasteiger charge is -2.16. The van der Waals surface area contributed by atoms with Gasteiger partial charge in [-0.3, -0.25) is 0 Å². The molecule has 1 heterocycles. The summed E-state index contributed by atoms with van der Waals surface area (Å²) in [6.07, 6.45) is 2.35. The molecule has 2 aromatic carbocycles. The van der Waals surface area contributed by atoms with Crippen molar-refractivity contribution in [1.82, 2.24) is 8.96 Å². The molecule has 0 saturated carbocycles. The summed E-state index contributed by atoms with van der Waals surface area (Å²) in [5, 5.41) is 0. The van der Waals surface area contributed by atoms with Gasteiger partial charge in [0.25, 0.3) is 10.0 Å². The molecule has 142 valence electrons. The monoisotopic (exact) mass is 384 g/mol. The molecule has 0 aliphatic carbocycles. The number of nitrogens with zero attached hydrogens (tertiary/aromatic N) is 2. The average molecular weight is 385 g/mol. The van der Waals surface area contributed by atoms with Gasteiger partial charge in [0.2, 0.25) is 0 Å². The van der Waals surface area contributed by atoms with E-state index in [-0.39, 0.29) is 4.90 Å². The maximum Gasteiger partial charge on any atom is 0.273 e. The van der Waals surface area contributed by atoms with Crippen LogP contribution in [0.4, 0.5) is 0 Å². The highest BCUT2D eigenvalue weighted by atomic mass is 32.2. The van der Waals surface area contributed by atoms with E-state index in [9.17, 15) is 8.42 Å². The molecule has 0 atom stereocenters. The zero-order chi connectivity index (χ0) is 19.6. The van der Waals surface area contributed by atoms with Crippen LogP contribution in [0.2, 0.25) is 0 Å². The van der Waals surface area contributed by atoms with E-state index in [2.05, 4.69) is 4.98 Å². The van der Waals surface area contributed by atoms with E-state index in [1.54, 1.807) is 25.3 Å². The highest BCUT2D eigenvalue weighted by Crippen LogP contribution is 2.32. The van der Waals surface area contributed by atoms with Gasteiger partial charge in [0.05, 0.1) is 12.3 Å². The highest BCUT2D eigenvalue weighted by Gasteiger charge is 2.26. The molecule has 27 heavy (non-hydrogen) atoms. The summed E-state index contributed by atoms with van der Waals surface area (Å²) < 4.78 is 34.1. The number of benzene rings is 2. The number of rotatable bonds is 6. The Labute approximate surface area is 160 Å². The van der Waals surface area contributed by atoms with E-state index >= 15 is 0 Å². The van der Waals surface area contributed by atoms with Gasteiger partial charge < -0.3 is 4.74 Å². The Morgan fingerprint density at radius 2 is 1.70 bits per heavy atom. The summed E-state index contributed by atoms with van der Waals surface area (Å²) in [5.74, 6) is 0.776. The molecule has 3 rings (SSSR count). The van der Waals surface area contributed by atoms with Crippen molar-refractivity contribution in [1.29, 1.82) is 0 Å². The molecular formula is C21H24N2O3S.